The first kappa shape index (κ1) is 15.0. The van der Waals surface area contributed by atoms with Crippen LogP contribution < -0.4 is 4.74 Å². The summed E-state index contributed by atoms with van der Waals surface area (Å²) in [6.07, 6.45) is 1.05. The fourth-order valence-corrected chi connectivity index (χ4v) is 2.09. The molecule has 100 valence electrons. The van der Waals surface area contributed by atoms with Crippen molar-refractivity contribution < 1.29 is 14.3 Å². The van der Waals surface area contributed by atoms with Gasteiger partial charge in [0.15, 0.2) is 0 Å². The molecule has 0 amide bonds. The molecule has 0 saturated heterocycles. The third-order valence-electron chi connectivity index (χ3n) is 2.25. The van der Waals surface area contributed by atoms with Crippen molar-refractivity contribution in [3.63, 3.8) is 0 Å². The predicted molar refractivity (Wildman–Crippen MR) is 74.9 cm³/mol. The van der Waals surface area contributed by atoms with Gasteiger partial charge in [0.05, 0.1) is 11.6 Å². The molecule has 0 aliphatic carbocycles. The summed E-state index contributed by atoms with van der Waals surface area (Å²) in [5.41, 5.74) is 0.658. The van der Waals surface area contributed by atoms with E-state index in [-0.39, 0.29) is 5.97 Å². The molecular weight excluding hydrogens is 296 g/mol. The quantitative estimate of drug-likeness (QED) is 0.794. The molecule has 18 heavy (non-hydrogen) atoms. The van der Waals surface area contributed by atoms with Gasteiger partial charge in [-0.1, -0.05) is 6.07 Å². The van der Waals surface area contributed by atoms with Gasteiger partial charge in [-0.2, -0.15) is 0 Å². The van der Waals surface area contributed by atoms with Crippen molar-refractivity contribution in [2.75, 3.05) is 7.11 Å². The number of benzene rings is 1. The van der Waals surface area contributed by atoms with Crippen molar-refractivity contribution in [2.45, 2.75) is 39.2 Å². The molecule has 0 aliphatic rings. The second-order valence-electron chi connectivity index (χ2n) is 5.06. The van der Waals surface area contributed by atoms with Crippen molar-refractivity contribution in [3.05, 3.63) is 28.2 Å². The van der Waals surface area contributed by atoms with Gasteiger partial charge in [0.2, 0.25) is 0 Å². The van der Waals surface area contributed by atoms with Crippen LogP contribution in [0.25, 0.3) is 0 Å². The number of carbonyl (C=O) groups excluding carboxylic acids is 1. The highest BCUT2D eigenvalue weighted by atomic mass is 79.9. The largest absolute Gasteiger partial charge is 0.496 e. The zero-order chi connectivity index (χ0) is 13.8. The summed E-state index contributed by atoms with van der Waals surface area (Å²) < 4.78 is 11.3. The number of esters is 1. The topological polar surface area (TPSA) is 35.5 Å². The molecule has 4 heteroatoms. The summed E-state index contributed by atoms with van der Waals surface area (Å²) in [5.74, 6) is 0.616. The summed E-state index contributed by atoms with van der Waals surface area (Å²) in [5, 5.41) is 0. The minimum absolute atomic E-state index is 0.172. The zero-order valence-corrected chi connectivity index (χ0v) is 12.8. The molecule has 0 spiro atoms. The lowest BCUT2D eigenvalue weighted by Crippen LogP contribution is -2.24. The molecule has 0 aromatic heterocycles. The van der Waals surface area contributed by atoms with Gasteiger partial charge in [-0.3, -0.25) is 4.79 Å². The van der Waals surface area contributed by atoms with Crippen LogP contribution in [0.3, 0.4) is 0 Å². The molecule has 0 aliphatic heterocycles. The van der Waals surface area contributed by atoms with Crippen LogP contribution in [0.2, 0.25) is 0 Å². The van der Waals surface area contributed by atoms with E-state index >= 15 is 0 Å². The van der Waals surface area contributed by atoms with Crippen molar-refractivity contribution in [1.29, 1.82) is 0 Å². The number of hydrogen-bond donors (Lipinski definition) is 0. The second kappa shape index (κ2) is 6.23. The summed E-state index contributed by atoms with van der Waals surface area (Å²) >= 11 is 3.42. The number of aryl methyl sites for hydroxylation is 1. The van der Waals surface area contributed by atoms with Crippen molar-refractivity contribution in [3.8, 4) is 5.75 Å². The minimum atomic E-state index is -0.419. The molecule has 0 heterocycles. The summed E-state index contributed by atoms with van der Waals surface area (Å²) in [4.78, 5) is 11.6. The van der Waals surface area contributed by atoms with Crippen LogP contribution in [0.15, 0.2) is 22.7 Å². The smallest absolute Gasteiger partial charge is 0.306 e. The summed E-state index contributed by atoms with van der Waals surface area (Å²) in [6.45, 7) is 5.61. The molecule has 0 unspecified atom stereocenters. The third kappa shape index (κ3) is 5.08. The Bertz CT molecular complexity index is 422. The molecule has 0 bridgehead atoms. The van der Waals surface area contributed by atoms with Gasteiger partial charge in [0, 0.05) is 6.42 Å². The number of hydrogen-bond acceptors (Lipinski definition) is 3. The molecule has 0 saturated carbocycles. The lowest BCUT2D eigenvalue weighted by atomic mass is 10.1. The highest BCUT2D eigenvalue weighted by molar-refractivity contribution is 9.10. The SMILES string of the molecule is COc1ccc(CCC(=O)OC(C)(C)C)cc1Br. The monoisotopic (exact) mass is 314 g/mol. The Hall–Kier alpha value is -1.03. The highest BCUT2D eigenvalue weighted by Crippen LogP contribution is 2.26. The number of methoxy groups -OCH3 is 1. The number of rotatable bonds is 4. The van der Waals surface area contributed by atoms with E-state index in [2.05, 4.69) is 15.9 Å². The maximum absolute atomic E-state index is 11.6. The Labute approximate surface area is 117 Å². The van der Waals surface area contributed by atoms with Crippen LogP contribution in [-0.4, -0.2) is 18.7 Å². The Morgan fingerprint density at radius 2 is 2.00 bits per heavy atom. The van der Waals surface area contributed by atoms with E-state index in [0.717, 1.165) is 15.8 Å². The normalized spacial score (nSPS) is 11.2. The van der Waals surface area contributed by atoms with Gasteiger partial charge in [-0.25, -0.2) is 0 Å². The van der Waals surface area contributed by atoms with Gasteiger partial charge < -0.3 is 9.47 Å². The van der Waals surface area contributed by atoms with Crippen LogP contribution >= 0.6 is 15.9 Å². The molecule has 0 N–H and O–H groups in total. The molecular formula is C14H19BrO3. The summed E-state index contributed by atoms with van der Waals surface area (Å²) in [6, 6.07) is 5.80. The molecule has 1 aromatic rings. The average Bonchev–Trinajstić information content (AvgIpc) is 2.24. The van der Waals surface area contributed by atoms with Gasteiger partial charge in [0.25, 0.3) is 0 Å². The van der Waals surface area contributed by atoms with Crippen LogP contribution in [0.5, 0.6) is 5.75 Å². The predicted octanol–water partition coefficient (Wildman–Crippen LogP) is 3.73. The lowest BCUT2D eigenvalue weighted by molar-refractivity contribution is -0.154. The van der Waals surface area contributed by atoms with E-state index in [1.54, 1.807) is 7.11 Å². The minimum Gasteiger partial charge on any atom is -0.496 e. The molecule has 1 aromatic carbocycles. The van der Waals surface area contributed by atoms with E-state index in [9.17, 15) is 4.79 Å². The van der Waals surface area contributed by atoms with Crippen molar-refractivity contribution >= 4 is 21.9 Å². The first-order valence-corrected chi connectivity index (χ1v) is 6.65. The zero-order valence-electron chi connectivity index (χ0n) is 11.2. The Kier molecular flexibility index (Phi) is 5.20. The van der Waals surface area contributed by atoms with Crippen LogP contribution in [0.1, 0.15) is 32.8 Å². The molecule has 0 atom stereocenters. The highest BCUT2D eigenvalue weighted by Gasteiger charge is 2.16. The Morgan fingerprint density at radius 1 is 1.33 bits per heavy atom. The number of halogens is 1. The van der Waals surface area contributed by atoms with Gasteiger partial charge in [-0.05, 0) is 60.8 Å². The van der Waals surface area contributed by atoms with E-state index in [4.69, 9.17) is 9.47 Å². The molecule has 0 fully saturated rings. The van der Waals surface area contributed by atoms with Gasteiger partial charge in [0.1, 0.15) is 11.4 Å². The van der Waals surface area contributed by atoms with Crippen LogP contribution in [0.4, 0.5) is 0 Å². The number of carbonyl (C=O) groups is 1. The van der Waals surface area contributed by atoms with E-state index < -0.39 is 5.60 Å². The first-order chi connectivity index (χ1) is 8.31. The van der Waals surface area contributed by atoms with Gasteiger partial charge in [-0.15, -0.1) is 0 Å². The third-order valence-corrected chi connectivity index (χ3v) is 2.87. The average molecular weight is 315 g/mol. The molecule has 3 nitrogen and oxygen atoms in total. The lowest BCUT2D eigenvalue weighted by Gasteiger charge is -2.19. The van der Waals surface area contributed by atoms with E-state index in [0.29, 0.717) is 12.8 Å². The molecule has 0 radical (unpaired) electrons. The maximum atomic E-state index is 11.6. The van der Waals surface area contributed by atoms with E-state index in [1.807, 2.05) is 39.0 Å². The number of ether oxygens (including phenoxy) is 2. The van der Waals surface area contributed by atoms with Crippen molar-refractivity contribution in [2.24, 2.45) is 0 Å². The maximum Gasteiger partial charge on any atom is 0.306 e. The first-order valence-electron chi connectivity index (χ1n) is 5.86. The Balaban J connectivity index is 2.54. The van der Waals surface area contributed by atoms with Crippen LogP contribution in [0, 0.1) is 0 Å². The second-order valence-corrected chi connectivity index (χ2v) is 5.91. The fourth-order valence-electron chi connectivity index (χ4n) is 1.50. The Morgan fingerprint density at radius 3 is 2.50 bits per heavy atom. The summed E-state index contributed by atoms with van der Waals surface area (Å²) in [7, 11) is 1.63. The fraction of sp³-hybridized carbons (Fsp3) is 0.500. The van der Waals surface area contributed by atoms with Crippen LogP contribution in [-0.2, 0) is 16.0 Å². The van der Waals surface area contributed by atoms with E-state index in [1.165, 1.54) is 0 Å². The molecule has 1 rings (SSSR count). The van der Waals surface area contributed by atoms with Crippen molar-refractivity contribution in [1.82, 2.24) is 0 Å². The standard InChI is InChI=1S/C14H19BrO3/c1-14(2,3)18-13(16)8-6-10-5-7-12(17-4)11(15)9-10/h5,7,9H,6,8H2,1-4H3. The van der Waals surface area contributed by atoms with Gasteiger partial charge >= 0.3 is 5.97 Å².